The molecule has 2 N–H and O–H groups in total. The van der Waals surface area contributed by atoms with Gasteiger partial charge in [-0.15, -0.1) is 0 Å². The van der Waals surface area contributed by atoms with Crippen molar-refractivity contribution in [3.05, 3.63) is 34.1 Å². The average molecular weight is 345 g/mol. The number of nitrogens with zero attached hydrogens (tertiary/aromatic N) is 1. The molecule has 1 heterocycles. The van der Waals surface area contributed by atoms with Crippen molar-refractivity contribution >= 4 is 33.7 Å². The SMILES string of the molecule is O=C1CN(C(=O)c2cc(F)cc(Br)c2)C(C(=O)O)CN1. The van der Waals surface area contributed by atoms with Crippen LogP contribution in [-0.4, -0.2) is 46.9 Å². The van der Waals surface area contributed by atoms with E-state index < -0.39 is 29.6 Å². The Morgan fingerprint density at radius 1 is 1.40 bits per heavy atom. The van der Waals surface area contributed by atoms with Crippen molar-refractivity contribution in [3.8, 4) is 0 Å². The lowest BCUT2D eigenvalue weighted by atomic mass is 10.1. The minimum Gasteiger partial charge on any atom is -0.480 e. The van der Waals surface area contributed by atoms with Crippen LogP contribution in [0.15, 0.2) is 22.7 Å². The number of hydrogen-bond donors (Lipinski definition) is 2. The van der Waals surface area contributed by atoms with Crippen LogP contribution in [0, 0.1) is 5.82 Å². The fourth-order valence-corrected chi connectivity index (χ4v) is 2.38. The number of hydrogen-bond acceptors (Lipinski definition) is 3. The summed E-state index contributed by atoms with van der Waals surface area (Å²) < 4.78 is 13.6. The van der Waals surface area contributed by atoms with Crippen LogP contribution in [0.5, 0.6) is 0 Å². The molecule has 0 spiro atoms. The normalized spacial score (nSPS) is 18.6. The lowest BCUT2D eigenvalue weighted by molar-refractivity contribution is -0.144. The van der Waals surface area contributed by atoms with Crippen molar-refractivity contribution in [3.63, 3.8) is 0 Å². The molecule has 20 heavy (non-hydrogen) atoms. The number of carbonyl (C=O) groups is 3. The van der Waals surface area contributed by atoms with Crippen LogP contribution in [0.1, 0.15) is 10.4 Å². The summed E-state index contributed by atoms with van der Waals surface area (Å²) in [5, 5.41) is 11.4. The molecule has 1 aliphatic rings. The van der Waals surface area contributed by atoms with E-state index in [0.717, 1.165) is 11.0 Å². The molecule has 0 radical (unpaired) electrons. The lowest BCUT2D eigenvalue weighted by Crippen LogP contribution is -2.59. The van der Waals surface area contributed by atoms with Crippen LogP contribution in [0.3, 0.4) is 0 Å². The summed E-state index contributed by atoms with van der Waals surface area (Å²) in [7, 11) is 0. The van der Waals surface area contributed by atoms with Crippen LogP contribution >= 0.6 is 15.9 Å². The molecule has 1 atom stereocenters. The van der Waals surface area contributed by atoms with Gasteiger partial charge in [0.25, 0.3) is 5.91 Å². The molecule has 1 aliphatic heterocycles. The van der Waals surface area contributed by atoms with E-state index in [9.17, 15) is 18.8 Å². The zero-order valence-corrected chi connectivity index (χ0v) is 11.7. The molecule has 2 amide bonds. The Bertz CT molecular complexity index is 573. The molecule has 0 aromatic heterocycles. The van der Waals surface area contributed by atoms with Gasteiger partial charge >= 0.3 is 5.97 Å². The minimum absolute atomic E-state index is 0.0159. The van der Waals surface area contributed by atoms with Gasteiger partial charge in [-0.3, -0.25) is 9.59 Å². The number of carbonyl (C=O) groups excluding carboxylic acids is 2. The summed E-state index contributed by atoms with van der Waals surface area (Å²) >= 11 is 3.05. The quantitative estimate of drug-likeness (QED) is 0.823. The van der Waals surface area contributed by atoms with Crippen molar-refractivity contribution in [1.82, 2.24) is 10.2 Å². The van der Waals surface area contributed by atoms with E-state index in [1.54, 1.807) is 0 Å². The largest absolute Gasteiger partial charge is 0.480 e. The molecule has 106 valence electrons. The first-order chi connectivity index (χ1) is 9.38. The number of carboxylic acid groups (broad SMARTS) is 1. The van der Waals surface area contributed by atoms with Gasteiger partial charge in [0.15, 0.2) is 0 Å². The summed E-state index contributed by atoms with van der Waals surface area (Å²) in [5.41, 5.74) is -0.0159. The van der Waals surface area contributed by atoms with Crippen molar-refractivity contribution in [1.29, 1.82) is 0 Å². The molecular weight excluding hydrogens is 335 g/mol. The van der Waals surface area contributed by atoms with Crippen LogP contribution < -0.4 is 5.32 Å². The number of benzene rings is 1. The third-order valence-corrected chi connectivity index (χ3v) is 3.30. The first-order valence-corrected chi connectivity index (χ1v) is 6.44. The minimum atomic E-state index is -1.23. The monoisotopic (exact) mass is 344 g/mol. The van der Waals surface area contributed by atoms with Gasteiger partial charge in [-0.05, 0) is 18.2 Å². The first kappa shape index (κ1) is 14.4. The van der Waals surface area contributed by atoms with Gasteiger partial charge < -0.3 is 15.3 Å². The second-order valence-electron chi connectivity index (χ2n) is 4.25. The summed E-state index contributed by atoms with van der Waals surface area (Å²) in [6.07, 6.45) is 0. The van der Waals surface area contributed by atoms with Crippen molar-refractivity contribution in [2.75, 3.05) is 13.1 Å². The maximum atomic E-state index is 13.3. The zero-order chi connectivity index (χ0) is 14.9. The number of piperazine rings is 1. The Hall–Kier alpha value is -1.96. The molecule has 0 saturated carbocycles. The Morgan fingerprint density at radius 2 is 2.10 bits per heavy atom. The fraction of sp³-hybridized carbons (Fsp3) is 0.250. The van der Waals surface area contributed by atoms with Crippen molar-refractivity contribution < 1.29 is 23.9 Å². The standard InChI is InChI=1S/C12H10BrFN2O4/c13-7-1-6(2-8(14)3-7)11(18)16-5-10(17)15-4-9(16)12(19)20/h1-3,9H,4-5H2,(H,15,17)(H,19,20). The highest BCUT2D eigenvalue weighted by atomic mass is 79.9. The highest BCUT2D eigenvalue weighted by Gasteiger charge is 2.35. The van der Waals surface area contributed by atoms with E-state index >= 15 is 0 Å². The molecule has 1 aromatic carbocycles. The number of rotatable bonds is 2. The molecular formula is C12H10BrFN2O4. The van der Waals surface area contributed by atoms with Gasteiger partial charge in [-0.2, -0.15) is 0 Å². The number of nitrogens with one attached hydrogen (secondary N) is 1. The average Bonchev–Trinajstić information content (AvgIpc) is 2.36. The summed E-state index contributed by atoms with van der Waals surface area (Å²) in [5.74, 6) is -3.01. The maximum absolute atomic E-state index is 13.3. The van der Waals surface area contributed by atoms with Crippen molar-refractivity contribution in [2.45, 2.75) is 6.04 Å². The number of carboxylic acids is 1. The highest BCUT2D eigenvalue weighted by Crippen LogP contribution is 2.18. The van der Waals surface area contributed by atoms with Gasteiger partial charge in [0, 0.05) is 16.6 Å². The highest BCUT2D eigenvalue weighted by molar-refractivity contribution is 9.10. The number of halogens is 2. The second-order valence-corrected chi connectivity index (χ2v) is 5.16. The molecule has 0 aliphatic carbocycles. The predicted octanol–water partition coefficient (Wildman–Crippen LogP) is 0.613. The third kappa shape index (κ3) is 2.96. The van der Waals surface area contributed by atoms with E-state index in [-0.39, 0.29) is 18.7 Å². The predicted molar refractivity (Wildman–Crippen MR) is 69.6 cm³/mol. The van der Waals surface area contributed by atoms with E-state index in [1.807, 2.05) is 0 Å². The molecule has 1 saturated heterocycles. The van der Waals surface area contributed by atoms with Crippen molar-refractivity contribution in [2.24, 2.45) is 0 Å². The molecule has 0 bridgehead atoms. The Kier molecular flexibility index (Phi) is 4.03. The summed E-state index contributed by atoms with van der Waals surface area (Å²) in [6.45, 7) is -0.541. The van der Waals surface area contributed by atoms with Crippen LogP contribution in [0.4, 0.5) is 4.39 Å². The topological polar surface area (TPSA) is 86.7 Å². The smallest absolute Gasteiger partial charge is 0.328 e. The van der Waals surface area contributed by atoms with Gasteiger partial charge in [0.1, 0.15) is 18.4 Å². The Labute approximate surface area is 121 Å². The number of amides is 2. The van der Waals surface area contributed by atoms with E-state index in [1.165, 1.54) is 12.1 Å². The van der Waals surface area contributed by atoms with Crippen LogP contribution in [-0.2, 0) is 9.59 Å². The van der Waals surface area contributed by atoms with Gasteiger partial charge in [0.2, 0.25) is 5.91 Å². The van der Waals surface area contributed by atoms with Gasteiger partial charge in [-0.1, -0.05) is 15.9 Å². The summed E-state index contributed by atoms with van der Waals surface area (Å²) in [6, 6.07) is 2.38. The zero-order valence-electron chi connectivity index (χ0n) is 10.1. The first-order valence-electron chi connectivity index (χ1n) is 5.65. The van der Waals surface area contributed by atoms with Crippen LogP contribution in [0.25, 0.3) is 0 Å². The lowest BCUT2D eigenvalue weighted by Gasteiger charge is -2.32. The van der Waals surface area contributed by atoms with E-state index in [4.69, 9.17) is 5.11 Å². The fourth-order valence-electron chi connectivity index (χ4n) is 1.92. The van der Waals surface area contributed by atoms with Gasteiger partial charge in [0.05, 0.1) is 0 Å². The van der Waals surface area contributed by atoms with E-state index in [2.05, 4.69) is 21.2 Å². The maximum Gasteiger partial charge on any atom is 0.328 e. The number of aliphatic carboxylic acids is 1. The van der Waals surface area contributed by atoms with Crippen LogP contribution in [0.2, 0.25) is 0 Å². The molecule has 1 fully saturated rings. The van der Waals surface area contributed by atoms with Gasteiger partial charge in [-0.25, -0.2) is 9.18 Å². The third-order valence-electron chi connectivity index (χ3n) is 2.84. The Balaban J connectivity index is 2.33. The molecule has 6 nitrogen and oxygen atoms in total. The summed E-state index contributed by atoms with van der Waals surface area (Å²) in [4.78, 5) is 35.6. The van der Waals surface area contributed by atoms with E-state index in [0.29, 0.717) is 4.47 Å². The second kappa shape index (κ2) is 5.58. The molecule has 1 aromatic rings. The molecule has 8 heteroatoms. The molecule has 1 unspecified atom stereocenters. The Morgan fingerprint density at radius 3 is 2.70 bits per heavy atom. The molecule has 2 rings (SSSR count).